The number of fused-ring (bicyclic) bond motifs is 7. The zero-order chi connectivity index (χ0) is 95.6. The number of carboxylic acid groups (broad SMARTS) is 1. The number of carbonyl (C=O) groups is 5. The zero-order valence-electron chi connectivity index (χ0n) is 75.2. The maximum Gasteiger partial charge on any atom is 0.335 e. The largest absolute Gasteiger partial charge is 0.479 e. The summed E-state index contributed by atoms with van der Waals surface area (Å²) in [6.07, 6.45) is -58.8. The summed E-state index contributed by atoms with van der Waals surface area (Å²) in [6.45, 7) is 17.0. The molecule has 43 nitrogen and oxygen atoms in total. The van der Waals surface area contributed by atoms with E-state index in [0.29, 0.717) is 51.4 Å². The Bertz CT molecular complexity index is 3820. The number of carbonyl (C=O) groups excluding carboxylic acids is 4. The molecule has 0 aromatic carbocycles. The van der Waals surface area contributed by atoms with Crippen molar-refractivity contribution in [3.63, 3.8) is 0 Å². The van der Waals surface area contributed by atoms with E-state index in [1.807, 2.05) is 34.6 Å². The van der Waals surface area contributed by atoms with Gasteiger partial charge in [-0.1, -0.05) is 93.7 Å². The molecular weight excluding hydrogens is 1730 g/mol. The SMILES string of the molecule is CC[C@H](C)C(C[C@H](O)CC(=O)N[C@H](C[C@@H](O)CC(=O)N[C@@H]1[C@H](O)[C@@H](O[C@@H]2O[C@@H](C)[C@H](O[C@H]3OC[C@@H](O)[C@H](O)[C@H]3O)[C@@H](O)[C@H]2O)[C@H](OC(=O)[C@]23CCC(C)(C)CC2C2=CCC4[C@@]5(C)CC[C@H](O[C@@H]6O[C@H](C(=O)O)[C@@H](O)[C@H](O[C@@H]7OC[C@@H](O)[C@H](O)[C@H]7O)[C@H]6O[C@H]6O[C@H](CO)[C@H](O)[C@H](O)[C@H]6O)[C@@](C)(C=O)C5CC[C@@]4(C)[C@]2(C)C[C@H]3O)O[C@@H]1CO)[C@@H](C)CC)O[C@@H]1O[C@@H](CO)[C@H](O)[C@H]1O. The van der Waals surface area contributed by atoms with Gasteiger partial charge >= 0.3 is 11.9 Å². The molecule has 24 N–H and O–H groups in total. The van der Waals surface area contributed by atoms with Gasteiger partial charge in [0.25, 0.3) is 0 Å². The van der Waals surface area contributed by atoms with E-state index >= 15 is 4.79 Å². The Balaban J connectivity index is 0.792. The molecule has 43 heteroatoms. The lowest BCUT2D eigenvalue weighted by atomic mass is 9.33. The van der Waals surface area contributed by atoms with Gasteiger partial charge in [0.1, 0.15) is 140 Å². The Morgan fingerprint density at radius 1 is 0.531 bits per heavy atom. The summed E-state index contributed by atoms with van der Waals surface area (Å²) < 4.78 is 84.8. The van der Waals surface area contributed by atoms with Crippen LogP contribution >= 0.6 is 0 Å². The third-order valence-corrected chi connectivity index (χ3v) is 31.8. The Kier molecular flexibility index (Phi) is 33.8. The molecule has 7 aliphatic heterocycles. The van der Waals surface area contributed by atoms with Gasteiger partial charge in [-0.3, -0.25) is 14.4 Å². The van der Waals surface area contributed by atoms with Crippen LogP contribution in [0.5, 0.6) is 0 Å². The van der Waals surface area contributed by atoms with Crippen molar-refractivity contribution in [2.24, 2.45) is 62.1 Å². The van der Waals surface area contributed by atoms with Gasteiger partial charge in [0.05, 0.1) is 94.0 Å². The molecule has 12 rings (SSSR count). The molecule has 48 atom stereocenters. The second-order valence-electron chi connectivity index (χ2n) is 40.4. The Hall–Kier alpha value is -4.07. The van der Waals surface area contributed by atoms with Crippen LogP contribution < -0.4 is 10.6 Å². The van der Waals surface area contributed by atoms with Crippen LogP contribution in [0.2, 0.25) is 0 Å². The van der Waals surface area contributed by atoms with E-state index in [-0.39, 0.29) is 49.9 Å². The summed E-state index contributed by atoms with van der Waals surface area (Å²) in [4.78, 5) is 72.0. The number of rotatable bonds is 33. The van der Waals surface area contributed by atoms with E-state index < -0.39 is 347 Å². The minimum absolute atomic E-state index is 0.0103. The first-order valence-corrected chi connectivity index (χ1v) is 45.8. The van der Waals surface area contributed by atoms with Crippen molar-refractivity contribution in [3.8, 4) is 0 Å². The van der Waals surface area contributed by atoms with Gasteiger partial charge < -0.3 is 194 Å². The molecule has 4 unspecified atom stereocenters. The fraction of sp³-hybridized carbons (Fsp3) is 0.920. The Labute approximate surface area is 752 Å². The Morgan fingerprint density at radius 2 is 1.07 bits per heavy atom. The third-order valence-electron chi connectivity index (χ3n) is 31.8. The van der Waals surface area contributed by atoms with E-state index in [1.165, 1.54) is 6.92 Å². The number of hydrogen-bond acceptors (Lipinski definition) is 40. The average molecular weight is 1870 g/mol. The lowest BCUT2D eigenvalue weighted by Gasteiger charge is -2.71. The molecule has 130 heavy (non-hydrogen) atoms. The summed E-state index contributed by atoms with van der Waals surface area (Å²) in [5, 5.41) is 250. The van der Waals surface area contributed by atoms with Gasteiger partial charge in [-0.05, 0) is 122 Å². The smallest absolute Gasteiger partial charge is 0.335 e. The fourth-order valence-corrected chi connectivity index (χ4v) is 23.2. The summed E-state index contributed by atoms with van der Waals surface area (Å²) in [5.41, 5.74) is -5.50. The summed E-state index contributed by atoms with van der Waals surface area (Å²) >= 11 is 0. The van der Waals surface area contributed by atoms with Crippen molar-refractivity contribution in [2.75, 3.05) is 33.0 Å². The molecule has 7 saturated heterocycles. The molecule has 0 bridgehead atoms. The van der Waals surface area contributed by atoms with E-state index in [1.54, 1.807) is 13.8 Å². The molecule has 2 amide bonds. The number of nitrogens with one attached hydrogen (secondary N) is 2. The van der Waals surface area contributed by atoms with Gasteiger partial charge in [-0.15, -0.1) is 0 Å². The average Bonchev–Trinajstić information content (AvgIpc) is 0.689. The predicted molar refractivity (Wildman–Crippen MR) is 437 cm³/mol. The topological polar surface area (TPSA) is 684 Å². The third kappa shape index (κ3) is 20.3. The number of ether oxygens (including phenoxy) is 14. The molecule has 5 aliphatic carbocycles. The van der Waals surface area contributed by atoms with Gasteiger partial charge in [0.2, 0.25) is 18.1 Å². The van der Waals surface area contributed by atoms with Crippen molar-refractivity contribution < 1.29 is 203 Å². The van der Waals surface area contributed by atoms with E-state index in [2.05, 4.69) is 37.5 Å². The second kappa shape index (κ2) is 41.9. The van der Waals surface area contributed by atoms with E-state index in [9.17, 15) is 132 Å². The number of aliphatic carboxylic acids is 1. The van der Waals surface area contributed by atoms with Crippen molar-refractivity contribution >= 4 is 30.0 Å². The van der Waals surface area contributed by atoms with Crippen LogP contribution in [0.15, 0.2) is 11.6 Å². The molecule has 4 saturated carbocycles. The predicted octanol–water partition coefficient (Wildman–Crippen LogP) is -6.03. The van der Waals surface area contributed by atoms with Crippen molar-refractivity contribution in [1.29, 1.82) is 0 Å². The van der Waals surface area contributed by atoms with Gasteiger partial charge in [-0.25, -0.2) is 4.79 Å². The molecule has 12 aliphatic rings. The van der Waals surface area contributed by atoms with Crippen LogP contribution in [0.1, 0.15) is 172 Å². The zero-order valence-corrected chi connectivity index (χ0v) is 75.2. The number of hydrogen-bond donors (Lipinski definition) is 24. The molecule has 0 aromatic heterocycles. The lowest BCUT2D eigenvalue weighted by Crippen LogP contribution is -2.70. The van der Waals surface area contributed by atoms with Crippen molar-refractivity contribution in [2.45, 2.75) is 406 Å². The first kappa shape index (κ1) is 105. The molecule has 0 spiro atoms. The van der Waals surface area contributed by atoms with Gasteiger partial charge in [0, 0.05) is 12.5 Å². The lowest BCUT2D eigenvalue weighted by molar-refractivity contribution is -0.391. The number of aldehydes is 1. The first-order valence-electron chi connectivity index (χ1n) is 45.8. The van der Waals surface area contributed by atoms with Crippen LogP contribution in [0.4, 0.5) is 0 Å². The molecule has 0 radical (unpaired) electrons. The highest BCUT2D eigenvalue weighted by atomic mass is 16.8. The Morgan fingerprint density at radius 3 is 1.67 bits per heavy atom. The molecule has 0 aromatic rings. The molecule has 7 heterocycles. The van der Waals surface area contributed by atoms with E-state index in [4.69, 9.17) is 66.3 Å². The molecule has 11 fully saturated rings. The molecular formula is C87H142N2O41. The fourth-order valence-electron chi connectivity index (χ4n) is 23.2. The highest BCUT2D eigenvalue weighted by Gasteiger charge is 2.74. The van der Waals surface area contributed by atoms with Crippen LogP contribution in [-0.4, -0.2) is 409 Å². The van der Waals surface area contributed by atoms with E-state index in [0.717, 1.165) is 11.9 Å². The van der Waals surface area contributed by atoms with Crippen LogP contribution in [0.25, 0.3) is 0 Å². The quantitative estimate of drug-likeness (QED) is 0.0126. The van der Waals surface area contributed by atoms with Crippen molar-refractivity contribution in [1.82, 2.24) is 10.6 Å². The van der Waals surface area contributed by atoms with Crippen LogP contribution in [0.3, 0.4) is 0 Å². The highest BCUT2D eigenvalue weighted by Crippen LogP contribution is 2.76. The number of aliphatic hydroxyl groups is 21. The number of carboxylic acids is 1. The monoisotopic (exact) mass is 1870 g/mol. The minimum atomic E-state index is -2.26. The maximum absolute atomic E-state index is 16.3. The normalized spacial score (nSPS) is 48.1. The standard InChI is InChI=1S/C87H142N2O41/c1-12-34(3)41(88-52(99)25-38(95)23-44(35(4)13-2)120-77-64(110)58(104)47(30-92)122-77)22-37(94)24-53(100)89-54-45(28-90)121-79(71(59(54)105)128-76-66(112)61(107)68(36(5)119-76)125-74-62(108)55(101)42(96)31-117-74)130-81(116)87-21-20-82(6,7)26-40(87)39-14-15-49-83(8)18-17-51(84(9,33-93)48(83)16-19-85(49,10)86(39,11)27-50(87)98)124-80-72(129-78-65(111)60(106)57(103)46(29-91)123-78)69(67(113)70(127-80)73(114)115)126-75-63(109)56(102)43(97)32-118-75/h14,33-38,40-51,54-72,74-80,90-92,94-98,101-113H,12-13,15-32H2,1-11H3,(H,88,99)(H,89,100)(H,114,115)/t34-,35-,36-,37+,38-,40?,41+,42+,43+,44?,45+,46+,47-,48?,49?,50+,51-,54-,55-,56-,57-,58-,59-,60-,61-,62+,63+,64+,65+,66+,67-,68-,69-,70-,71+,72+,74+,75-,76-,77+,78+,79-,80+,83-,84-,85+,86+,87+/m0/s1. The molecule has 746 valence electrons. The summed E-state index contributed by atoms with van der Waals surface area (Å²) in [5.74, 6) is -6.64. The number of aliphatic hydroxyl groups excluding tert-OH is 21. The minimum Gasteiger partial charge on any atom is -0.479 e. The maximum atomic E-state index is 16.3. The van der Waals surface area contributed by atoms with Crippen LogP contribution in [-0.2, 0) is 90.3 Å². The van der Waals surface area contributed by atoms with Crippen LogP contribution in [0, 0.1) is 62.1 Å². The first-order chi connectivity index (χ1) is 61.1. The van der Waals surface area contributed by atoms with Gasteiger partial charge in [-0.2, -0.15) is 0 Å². The van der Waals surface area contributed by atoms with Gasteiger partial charge in [0.15, 0.2) is 49.9 Å². The van der Waals surface area contributed by atoms with Crippen molar-refractivity contribution in [3.05, 3.63) is 11.6 Å². The summed E-state index contributed by atoms with van der Waals surface area (Å²) in [7, 11) is 0. The number of allylic oxidation sites excluding steroid dienone is 2. The number of esters is 1. The highest BCUT2D eigenvalue weighted by molar-refractivity contribution is 5.80. The summed E-state index contributed by atoms with van der Waals surface area (Å²) in [6, 6.07) is -2.54. The second-order valence-corrected chi connectivity index (χ2v) is 40.4. The number of amides is 2.